The molecule has 1 aliphatic rings. The van der Waals surface area contributed by atoms with Crippen LogP contribution in [0.25, 0.3) is 4.85 Å². The fraction of sp³-hybridized carbons (Fsp3) is 0.345. The van der Waals surface area contributed by atoms with E-state index in [-0.39, 0.29) is 11.2 Å². The lowest BCUT2D eigenvalue weighted by molar-refractivity contribution is 0.0241. The van der Waals surface area contributed by atoms with Crippen molar-refractivity contribution in [2.75, 3.05) is 32.5 Å². The van der Waals surface area contributed by atoms with E-state index in [9.17, 15) is 9.59 Å². The summed E-state index contributed by atoms with van der Waals surface area (Å²) in [7, 11) is 1.38. The van der Waals surface area contributed by atoms with Crippen molar-refractivity contribution in [3.8, 4) is 11.8 Å². The molecule has 1 unspecified atom stereocenters. The van der Waals surface area contributed by atoms with Gasteiger partial charge < -0.3 is 4.74 Å². The molecule has 1 aliphatic heterocycles. The molecule has 1 atom stereocenters. The lowest BCUT2D eigenvalue weighted by atomic mass is 9.97. The number of hydrogen-bond donors (Lipinski definition) is 0. The Labute approximate surface area is 236 Å². The summed E-state index contributed by atoms with van der Waals surface area (Å²) in [6.07, 6.45) is 2.61. The van der Waals surface area contributed by atoms with Gasteiger partial charge in [0.2, 0.25) is 5.69 Å². The average molecular weight is 564 g/mol. The SMILES string of the molecule is [C-]#[N+]c1ccsc1C#Cc1cccc(CC(C)CCN2CCSC(=O)N2CCc2ccc(C(=O)OC)s2)c1. The van der Waals surface area contributed by atoms with Crippen molar-refractivity contribution in [3.05, 3.63) is 85.0 Å². The molecule has 38 heavy (non-hydrogen) atoms. The van der Waals surface area contributed by atoms with E-state index in [0.29, 0.717) is 29.4 Å². The van der Waals surface area contributed by atoms with Crippen LogP contribution in [0.15, 0.2) is 47.8 Å². The fourth-order valence-corrected chi connectivity index (χ4v) is 6.64. The molecule has 4 rings (SSSR count). The van der Waals surface area contributed by atoms with E-state index >= 15 is 0 Å². The standard InChI is InChI=1S/C29H29N3O3S3/c1-21(19-23-6-4-5-22(20-23)7-9-26-25(30-2)13-17-36-26)11-14-31-16-18-37-29(34)32(31)15-12-24-8-10-27(38-24)28(33)35-3/h4-6,8,10,13,17,20-21H,11-12,14-16,18-19H2,1,3H3. The molecule has 0 spiro atoms. The maximum atomic E-state index is 12.7. The fourth-order valence-electron chi connectivity index (χ4n) is 4.22. The Hall–Kier alpha value is -3.08. The quantitative estimate of drug-likeness (QED) is 0.164. The van der Waals surface area contributed by atoms with Gasteiger partial charge in [-0.15, -0.1) is 22.7 Å². The molecular weight excluding hydrogens is 535 g/mol. The first-order valence-corrected chi connectivity index (χ1v) is 15.1. The lowest BCUT2D eigenvalue weighted by Gasteiger charge is -2.38. The number of hydrazine groups is 1. The van der Waals surface area contributed by atoms with Crippen molar-refractivity contribution in [2.45, 2.75) is 26.2 Å². The Morgan fingerprint density at radius 1 is 1.21 bits per heavy atom. The highest BCUT2D eigenvalue weighted by atomic mass is 32.2. The highest BCUT2D eigenvalue weighted by molar-refractivity contribution is 8.13. The van der Waals surface area contributed by atoms with Crippen LogP contribution >= 0.6 is 34.4 Å². The van der Waals surface area contributed by atoms with E-state index < -0.39 is 0 Å². The number of carbonyl (C=O) groups excluding carboxylic acids is 2. The number of amides is 1. The molecule has 2 aromatic heterocycles. The van der Waals surface area contributed by atoms with E-state index in [1.165, 1.54) is 47.1 Å². The molecule has 1 aromatic carbocycles. The Morgan fingerprint density at radius 2 is 2.08 bits per heavy atom. The summed E-state index contributed by atoms with van der Waals surface area (Å²) >= 11 is 4.29. The highest BCUT2D eigenvalue weighted by Crippen LogP contribution is 2.25. The lowest BCUT2D eigenvalue weighted by Crippen LogP contribution is -2.50. The van der Waals surface area contributed by atoms with Gasteiger partial charge in [-0.3, -0.25) is 9.80 Å². The monoisotopic (exact) mass is 563 g/mol. The second-order valence-corrected chi connectivity index (χ2v) is 12.1. The minimum absolute atomic E-state index is 0.0899. The molecule has 0 aliphatic carbocycles. The minimum Gasteiger partial charge on any atom is -0.465 e. The molecule has 1 saturated heterocycles. The molecule has 0 N–H and O–H groups in total. The van der Waals surface area contributed by atoms with Gasteiger partial charge in [0.05, 0.1) is 18.6 Å². The number of hydrogen-bond acceptors (Lipinski definition) is 7. The number of ether oxygens (including phenoxy) is 1. The largest absolute Gasteiger partial charge is 0.465 e. The summed E-state index contributed by atoms with van der Waals surface area (Å²) in [5, 5.41) is 6.04. The Balaban J connectivity index is 1.31. The summed E-state index contributed by atoms with van der Waals surface area (Å²) in [6.45, 7) is 11.8. The van der Waals surface area contributed by atoms with Crippen molar-refractivity contribution in [1.82, 2.24) is 10.0 Å². The zero-order chi connectivity index (χ0) is 26.9. The molecule has 9 heteroatoms. The second-order valence-electron chi connectivity index (χ2n) is 8.99. The van der Waals surface area contributed by atoms with Crippen molar-refractivity contribution in [3.63, 3.8) is 0 Å². The van der Waals surface area contributed by atoms with Crippen molar-refractivity contribution < 1.29 is 14.3 Å². The Bertz CT molecular complexity index is 1380. The van der Waals surface area contributed by atoms with Gasteiger partial charge in [0, 0.05) is 42.2 Å². The number of rotatable bonds is 9. The molecular formula is C29H29N3O3S3. The Kier molecular flexibility index (Phi) is 10.0. The normalized spacial score (nSPS) is 14.4. The summed E-state index contributed by atoms with van der Waals surface area (Å²) in [4.78, 5) is 30.4. The van der Waals surface area contributed by atoms with Crippen LogP contribution in [0.1, 0.15) is 43.9 Å². The predicted octanol–water partition coefficient (Wildman–Crippen LogP) is 6.74. The van der Waals surface area contributed by atoms with Crippen LogP contribution in [0.3, 0.4) is 0 Å². The van der Waals surface area contributed by atoms with E-state index in [1.807, 2.05) is 28.6 Å². The van der Waals surface area contributed by atoms with Gasteiger partial charge in [0.15, 0.2) is 0 Å². The number of carbonyl (C=O) groups is 2. The molecule has 3 heterocycles. The van der Waals surface area contributed by atoms with Gasteiger partial charge in [-0.1, -0.05) is 42.7 Å². The van der Waals surface area contributed by atoms with Crippen LogP contribution in [0.4, 0.5) is 10.5 Å². The van der Waals surface area contributed by atoms with Gasteiger partial charge in [0.1, 0.15) is 4.88 Å². The van der Waals surface area contributed by atoms with Crippen LogP contribution < -0.4 is 0 Å². The predicted molar refractivity (Wildman–Crippen MR) is 156 cm³/mol. The van der Waals surface area contributed by atoms with Crippen LogP contribution in [0.2, 0.25) is 0 Å². The molecule has 196 valence electrons. The molecule has 1 fully saturated rings. The topological polar surface area (TPSA) is 54.2 Å². The zero-order valence-corrected chi connectivity index (χ0v) is 23.9. The summed E-state index contributed by atoms with van der Waals surface area (Å²) in [5.74, 6) is 7.26. The maximum Gasteiger partial charge on any atom is 0.348 e. The molecule has 0 saturated carbocycles. The van der Waals surface area contributed by atoms with Crippen LogP contribution in [0, 0.1) is 24.3 Å². The third-order valence-electron chi connectivity index (χ3n) is 6.22. The number of thiophene rings is 2. The smallest absolute Gasteiger partial charge is 0.348 e. The van der Waals surface area contributed by atoms with E-state index in [0.717, 1.165) is 47.0 Å². The van der Waals surface area contributed by atoms with Crippen molar-refractivity contribution >= 4 is 51.3 Å². The van der Waals surface area contributed by atoms with E-state index in [2.05, 4.69) is 40.8 Å². The maximum absolute atomic E-state index is 12.7. The highest BCUT2D eigenvalue weighted by Gasteiger charge is 2.27. The van der Waals surface area contributed by atoms with Crippen LogP contribution in [-0.2, 0) is 17.6 Å². The number of benzene rings is 1. The first-order valence-electron chi connectivity index (χ1n) is 12.4. The Morgan fingerprint density at radius 3 is 2.89 bits per heavy atom. The summed E-state index contributed by atoms with van der Waals surface area (Å²) in [5.41, 5.74) is 2.80. The number of esters is 1. The first kappa shape index (κ1) is 27.9. The van der Waals surface area contributed by atoms with E-state index in [1.54, 1.807) is 12.1 Å². The van der Waals surface area contributed by atoms with E-state index in [4.69, 9.17) is 11.3 Å². The molecule has 0 radical (unpaired) electrons. The summed E-state index contributed by atoms with van der Waals surface area (Å²) in [6, 6.07) is 13.8. The van der Waals surface area contributed by atoms with Crippen LogP contribution in [-0.4, -0.2) is 53.7 Å². The van der Waals surface area contributed by atoms with Gasteiger partial charge in [-0.2, -0.15) is 0 Å². The molecule has 1 amide bonds. The van der Waals surface area contributed by atoms with Crippen molar-refractivity contribution in [2.24, 2.45) is 5.92 Å². The zero-order valence-electron chi connectivity index (χ0n) is 21.4. The molecule has 3 aromatic rings. The number of nitrogens with zero attached hydrogens (tertiary/aromatic N) is 3. The third-order valence-corrected chi connectivity index (χ3v) is 9.01. The second kappa shape index (κ2) is 13.6. The third kappa shape index (κ3) is 7.49. The van der Waals surface area contributed by atoms with Gasteiger partial charge >= 0.3 is 5.97 Å². The van der Waals surface area contributed by atoms with Gasteiger partial charge in [-0.05, 0) is 60.0 Å². The molecule has 6 nitrogen and oxygen atoms in total. The minimum atomic E-state index is -0.323. The van der Waals surface area contributed by atoms with Gasteiger partial charge in [-0.25, -0.2) is 14.6 Å². The first-order chi connectivity index (χ1) is 18.5. The van der Waals surface area contributed by atoms with Crippen LogP contribution in [0.5, 0.6) is 0 Å². The van der Waals surface area contributed by atoms with Crippen molar-refractivity contribution in [1.29, 1.82) is 0 Å². The van der Waals surface area contributed by atoms with Gasteiger partial charge in [0.25, 0.3) is 5.24 Å². The summed E-state index contributed by atoms with van der Waals surface area (Å²) < 4.78 is 4.80. The number of methoxy groups -OCH3 is 1. The average Bonchev–Trinajstić information content (AvgIpc) is 3.59. The molecule has 0 bridgehead atoms. The number of thioether (sulfide) groups is 1.